The van der Waals surface area contributed by atoms with Crippen molar-refractivity contribution >= 4 is 21.0 Å². The summed E-state index contributed by atoms with van der Waals surface area (Å²) < 4.78 is 11.4. The fraction of sp³-hybridized carbons (Fsp3) is 0.714. The molecule has 0 aromatic heterocycles. The molecule has 0 aliphatic carbocycles. The van der Waals surface area contributed by atoms with Crippen LogP contribution in [0.2, 0.25) is 0 Å². The number of rotatable bonds is 5. The lowest BCUT2D eigenvalue weighted by molar-refractivity contribution is -0.138. The Labute approximate surface area is 78.2 Å². The Bertz CT molecular complexity index is 281. The molecule has 0 aromatic carbocycles. The summed E-state index contributed by atoms with van der Waals surface area (Å²) in [4.78, 5) is 10.3. The van der Waals surface area contributed by atoms with Crippen LogP contribution in [0.25, 0.3) is 0 Å². The van der Waals surface area contributed by atoms with Gasteiger partial charge in [0.1, 0.15) is 6.04 Å². The molecular formula is C7H16N2O3S. The molecular weight excluding hydrogens is 192 g/mol. The summed E-state index contributed by atoms with van der Waals surface area (Å²) in [5, 5.41) is 15.1. The Morgan fingerprint density at radius 2 is 2.23 bits per heavy atom. The normalized spacial score (nSPS) is 17.5. The van der Waals surface area contributed by atoms with Gasteiger partial charge in [0.25, 0.3) is 0 Å². The maximum absolute atomic E-state index is 11.4. The molecule has 0 aromatic rings. The Hall–Kier alpha value is -0.590. The first-order chi connectivity index (χ1) is 5.89. The molecule has 0 radical (unpaired) electrons. The van der Waals surface area contributed by atoms with Gasteiger partial charge in [-0.2, -0.15) is 0 Å². The number of carbonyl (C=O) groups is 1. The SMILES string of the molecule is CCCS(N)(=O)=CC[C@H](N)C(=O)O. The Morgan fingerprint density at radius 1 is 1.69 bits per heavy atom. The van der Waals surface area contributed by atoms with Crippen molar-refractivity contribution in [1.29, 1.82) is 0 Å². The summed E-state index contributed by atoms with van der Waals surface area (Å²) in [6.07, 6.45) is 0.749. The molecule has 0 amide bonds. The summed E-state index contributed by atoms with van der Waals surface area (Å²) in [5.74, 6) is -0.734. The molecule has 0 fully saturated rings. The molecule has 13 heavy (non-hydrogen) atoms. The molecule has 1 unspecified atom stereocenters. The van der Waals surface area contributed by atoms with Crippen LogP contribution in [0.1, 0.15) is 19.8 Å². The third-order valence-corrected chi connectivity index (χ3v) is 3.28. The molecule has 6 heteroatoms. The van der Waals surface area contributed by atoms with Crippen molar-refractivity contribution < 1.29 is 14.1 Å². The van der Waals surface area contributed by atoms with Gasteiger partial charge in [-0.1, -0.05) is 6.92 Å². The first-order valence-corrected chi connectivity index (χ1v) is 5.85. The van der Waals surface area contributed by atoms with E-state index >= 15 is 0 Å². The monoisotopic (exact) mass is 208 g/mol. The molecule has 2 atom stereocenters. The highest BCUT2D eigenvalue weighted by atomic mass is 32.2. The fourth-order valence-corrected chi connectivity index (χ4v) is 2.11. The molecule has 0 heterocycles. The van der Waals surface area contributed by atoms with Crippen molar-refractivity contribution in [2.45, 2.75) is 25.8 Å². The van der Waals surface area contributed by atoms with Crippen LogP contribution in [-0.4, -0.2) is 32.4 Å². The zero-order valence-electron chi connectivity index (χ0n) is 7.60. The number of hydrogen-bond donors (Lipinski definition) is 3. The fourth-order valence-electron chi connectivity index (χ4n) is 0.770. The van der Waals surface area contributed by atoms with Crippen LogP contribution in [0.5, 0.6) is 0 Å². The van der Waals surface area contributed by atoms with E-state index in [-0.39, 0.29) is 6.42 Å². The van der Waals surface area contributed by atoms with E-state index in [1.165, 1.54) is 5.37 Å². The molecule has 0 aliphatic heterocycles. The molecule has 0 saturated heterocycles. The van der Waals surface area contributed by atoms with Crippen LogP contribution in [-0.2, 0) is 14.5 Å². The van der Waals surface area contributed by atoms with Crippen LogP contribution in [0, 0.1) is 0 Å². The van der Waals surface area contributed by atoms with E-state index in [0.29, 0.717) is 12.2 Å². The molecule has 78 valence electrons. The van der Waals surface area contributed by atoms with Gasteiger partial charge in [0.05, 0.1) is 0 Å². The summed E-state index contributed by atoms with van der Waals surface area (Å²) in [6, 6.07) is -1.01. The number of carboxylic acid groups (broad SMARTS) is 1. The molecule has 0 rings (SSSR count). The second-order valence-electron chi connectivity index (χ2n) is 2.83. The minimum Gasteiger partial charge on any atom is -0.480 e. The maximum Gasteiger partial charge on any atom is 0.320 e. The second kappa shape index (κ2) is 5.21. The van der Waals surface area contributed by atoms with Gasteiger partial charge in [-0.05, 0) is 11.8 Å². The highest BCUT2D eigenvalue weighted by Crippen LogP contribution is 1.90. The van der Waals surface area contributed by atoms with E-state index in [0.717, 1.165) is 0 Å². The summed E-state index contributed by atoms with van der Waals surface area (Å²) in [6.45, 7) is 1.86. The van der Waals surface area contributed by atoms with E-state index in [2.05, 4.69) is 0 Å². The number of hydrogen-bond acceptors (Lipinski definition) is 3. The Morgan fingerprint density at radius 3 is 2.62 bits per heavy atom. The summed E-state index contributed by atoms with van der Waals surface area (Å²) >= 11 is 0. The zero-order chi connectivity index (χ0) is 10.5. The molecule has 0 aliphatic rings. The standard InChI is InChI=1S/C7H16N2O3S/c1-2-4-13(9,12)5-3-6(8)7(10)11/h5-6H,2-4,8H2,1H3,(H2,9,12)(H,10,11)/t6-,13?/m0/s1. The lowest BCUT2D eigenvalue weighted by Gasteiger charge is -2.05. The quantitative estimate of drug-likeness (QED) is 0.512. The second-order valence-corrected chi connectivity index (χ2v) is 5.13. The largest absolute Gasteiger partial charge is 0.480 e. The van der Waals surface area contributed by atoms with Gasteiger partial charge >= 0.3 is 5.97 Å². The smallest absolute Gasteiger partial charge is 0.320 e. The zero-order valence-corrected chi connectivity index (χ0v) is 8.42. The van der Waals surface area contributed by atoms with Crippen molar-refractivity contribution in [3.63, 3.8) is 0 Å². The molecule has 0 bridgehead atoms. The first kappa shape index (κ1) is 12.4. The summed E-state index contributed by atoms with van der Waals surface area (Å²) in [5.41, 5.74) is 5.21. The van der Waals surface area contributed by atoms with Crippen molar-refractivity contribution in [1.82, 2.24) is 0 Å². The van der Waals surface area contributed by atoms with E-state index in [4.69, 9.17) is 16.0 Å². The average molecular weight is 208 g/mol. The van der Waals surface area contributed by atoms with Crippen molar-refractivity contribution in [2.24, 2.45) is 10.9 Å². The van der Waals surface area contributed by atoms with Gasteiger partial charge in [0.2, 0.25) is 0 Å². The lowest BCUT2D eigenvalue weighted by Crippen LogP contribution is -2.32. The number of nitrogens with two attached hydrogens (primary N) is 2. The molecule has 0 spiro atoms. The average Bonchev–Trinajstić information content (AvgIpc) is 2.00. The van der Waals surface area contributed by atoms with Crippen LogP contribution in [0.3, 0.4) is 0 Å². The van der Waals surface area contributed by atoms with Crippen molar-refractivity contribution in [3.05, 3.63) is 0 Å². The number of carboxylic acids is 1. The van der Waals surface area contributed by atoms with Crippen molar-refractivity contribution in [3.8, 4) is 0 Å². The van der Waals surface area contributed by atoms with Gasteiger partial charge in [-0.15, -0.1) is 0 Å². The topological polar surface area (TPSA) is 106 Å². The van der Waals surface area contributed by atoms with Gasteiger partial charge in [-0.3, -0.25) is 14.1 Å². The molecule has 5 nitrogen and oxygen atoms in total. The van der Waals surface area contributed by atoms with Crippen LogP contribution < -0.4 is 10.9 Å². The minimum absolute atomic E-state index is 0.0463. The van der Waals surface area contributed by atoms with Crippen molar-refractivity contribution in [2.75, 3.05) is 5.75 Å². The van der Waals surface area contributed by atoms with E-state index in [1.54, 1.807) is 0 Å². The van der Waals surface area contributed by atoms with Gasteiger partial charge in [0.15, 0.2) is 0 Å². The highest BCUT2D eigenvalue weighted by Gasteiger charge is 2.10. The third-order valence-electron chi connectivity index (χ3n) is 1.47. The number of aliphatic carboxylic acids is 1. The van der Waals surface area contributed by atoms with Gasteiger partial charge < -0.3 is 10.8 Å². The van der Waals surface area contributed by atoms with Gasteiger partial charge in [-0.25, -0.2) is 0 Å². The summed E-state index contributed by atoms with van der Waals surface area (Å²) in [7, 11) is -2.48. The van der Waals surface area contributed by atoms with E-state index < -0.39 is 21.7 Å². The predicted octanol–water partition coefficient (Wildman–Crippen LogP) is -0.841. The van der Waals surface area contributed by atoms with Crippen LogP contribution in [0.15, 0.2) is 0 Å². The van der Waals surface area contributed by atoms with E-state index in [9.17, 15) is 9.00 Å². The van der Waals surface area contributed by atoms with Crippen LogP contribution in [0.4, 0.5) is 0 Å². The maximum atomic E-state index is 11.4. The Kier molecular flexibility index (Phi) is 4.97. The minimum atomic E-state index is -2.48. The van der Waals surface area contributed by atoms with E-state index in [1.807, 2.05) is 6.92 Å². The van der Waals surface area contributed by atoms with Crippen LogP contribution >= 0.6 is 0 Å². The third kappa shape index (κ3) is 5.62. The highest BCUT2D eigenvalue weighted by molar-refractivity contribution is 7.99. The molecule has 5 N–H and O–H groups in total. The van der Waals surface area contributed by atoms with Gasteiger partial charge in [0, 0.05) is 21.9 Å². The lowest BCUT2D eigenvalue weighted by atomic mass is 10.2. The first-order valence-electron chi connectivity index (χ1n) is 4.00. The predicted molar refractivity (Wildman–Crippen MR) is 53.8 cm³/mol. The molecule has 0 saturated carbocycles. The Balaban J connectivity index is 4.25.